The fourth-order valence-corrected chi connectivity index (χ4v) is 2.16. The van der Waals surface area contributed by atoms with Crippen molar-refractivity contribution >= 4 is 34.8 Å². The van der Waals surface area contributed by atoms with E-state index in [2.05, 4.69) is 10.1 Å². The molecule has 2 aromatic rings. The van der Waals surface area contributed by atoms with Gasteiger partial charge in [0.2, 0.25) is 5.78 Å². The number of hydroxylamine groups is 1. The van der Waals surface area contributed by atoms with Crippen molar-refractivity contribution in [2.75, 3.05) is 6.26 Å². The predicted molar refractivity (Wildman–Crippen MR) is 77.5 cm³/mol. The van der Waals surface area contributed by atoms with Crippen molar-refractivity contribution in [3.8, 4) is 0 Å². The number of allylic oxidation sites excluding steroid dienone is 1. The minimum absolute atomic E-state index is 0.180. The van der Waals surface area contributed by atoms with Crippen molar-refractivity contribution in [3.63, 3.8) is 0 Å². The summed E-state index contributed by atoms with van der Waals surface area (Å²) in [5.41, 5.74) is 2.62. The Morgan fingerprint density at radius 1 is 1.40 bits per heavy atom. The minimum Gasteiger partial charge on any atom is -0.291 e. The van der Waals surface area contributed by atoms with Gasteiger partial charge in [0.25, 0.3) is 0 Å². The van der Waals surface area contributed by atoms with Gasteiger partial charge in [-0.15, -0.1) is 11.8 Å². The van der Waals surface area contributed by atoms with E-state index >= 15 is 0 Å². The van der Waals surface area contributed by atoms with E-state index in [1.807, 2.05) is 5.48 Å². The first kappa shape index (κ1) is 14.6. The molecular formula is C12H11ClN4O2S. The average Bonchev–Trinajstić information content (AvgIpc) is 2.98. The van der Waals surface area contributed by atoms with Crippen molar-refractivity contribution in [1.29, 1.82) is 0 Å². The van der Waals surface area contributed by atoms with E-state index in [1.165, 1.54) is 29.1 Å². The smallest absolute Gasteiger partial charge is 0.214 e. The molecular weight excluding hydrogens is 300 g/mol. The lowest BCUT2D eigenvalue weighted by atomic mass is 10.1. The lowest BCUT2D eigenvalue weighted by Crippen LogP contribution is -2.17. The Kier molecular flexibility index (Phi) is 4.78. The van der Waals surface area contributed by atoms with Crippen LogP contribution in [0.1, 0.15) is 10.4 Å². The Morgan fingerprint density at radius 2 is 2.10 bits per heavy atom. The van der Waals surface area contributed by atoms with Crippen LogP contribution in [0.3, 0.4) is 0 Å². The number of carbonyl (C=O) groups excluding carboxylic acids is 1. The Labute approximate surface area is 124 Å². The molecule has 6 nitrogen and oxygen atoms in total. The average molecular weight is 311 g/mol. The molecule has 0 spiro atoms. The van der Waals surface area contributed by atoms with Crippen LogP contribution in [0.2, 0.25) is 5.02 Å². The van der Waals surface area contributed by atoms with Crippen LogP contribution in [0.4, 0.5) is 0 Å². The number of benzene rings is 1. The molecule has 2 rings (SSSR count). The lowest BCUT2D eigenvalue weighted by molar-refractivity contribution is 0.104. The van der Waals surface area contributed by atoms with Gasteiger partial charge < -0.3 is 0 Å². The normalized spacial score (nSPS) is 11.9. The van der Waals surface area contributed by atoms with Crippen molar-refractivity contribution < 1.29 is 10.0 Å². The third-order valence-corrected chi connectivity index (χ3v) is 3.43. The molecule has 0 bridgehead atoms. The maximum absolute atomic E-state index is 12.6. The molecule has 8 heteroatoms. The zero-order chi connectivity index (χ0) is 14.5. The second-order valence-electron chi connectivity index (χ2n) is 3.67. The van der Waals surface area contributed by atoms with Crippen LogP contribution in [-0.2, 0) is 0 Å². The first-order valence-electron chi connectivity index (χ1n) is 5.51. The maximum atomic E-state index is 12.6. The lowest BCUT2D eigenvalue weighted by Gasteiger charge is -2.11. The Hall–Kier alpha value is -1.83. The predicted octanol–water partition coefficient (Wildman–Crippen LogP) is 2.28. The summed E-state index contributed by atoms with van der Waals surface area (Å²) in [4.78, 5) is 16.4. The van der Waals surface area contributed by atoms with Gasteiger partial charge in [-0.2, -0.15) is 5.10 Å². The van der Waals surface area contributed by atoms with Crippen molar-refractivity contribution in [3.05, 3.63) is 52.5 Å². The number of halogens is 1. The first-order chi connectivity index (χ1) is 9.67. The fraction of sp³-hybridized carbons (Fsp3) is 0.0833. The number of nitrogens with one attached hydrogen (secondary N) is 1. The number of Topliss-reactive ketones (excluding diaryl/α,β-unsaturated/α-hetero) is 1. The summed E-state index contributed by atoms with van der Waals surface area (Å²) in [7, 11) is 0. The third-order valence-electron chi connectivity index (χ3n) is 2.49. The summed E-state index contributed by atoms with van der Waals surface area (Å²) >= 11 is 6.99. The highest BCUT2D eigenvalue weighted by Crippen LogP contribution is 2.22. The minimum atomic E-state index is -0.307. The van der Waals surface area contributed by atoms with Gasteiger partial charge in [-0.1, -0.05) is 11.6 Å². The van der Waals surface area contributed by atoms with E-state index in [0.29, 0.717) is 10.6 Å². The molecule has 1 heterocycles. The van der Waals surface area contributed by atoms with E-state index in [1.54, 1.807) is 30.5 Å². The number of hydrogen-bond acceptors (Lipinski definition) is 6. The number of thioether (sulfide) groups is 1. The molecule has 0 saturated heterocycles. The molecule has 104 valence electrons. The Balaban J connectivity index is 2.50. The molecule has 2 N–H and O–H groups in total. The summed E-state index contributed by atoms with van der Waals surface area (Å²) in [6, 6.07) is 6.46. The van der Waals surface area contributed by atoms with E-state index in [0.717, 1.165) is 0 Å². The summed E-state index contributed by atoms with van der Waals surface area (Å²) in [5, 5.41) is 13.9. The van der Waals surface area contributed by atoms with Crippen molar-refractivity contribution in [2.45, 2.75) is 0 Å². The number of ketones is 1. The van der Waals surface area contributed by atoms with Gasteiger partial charge in [0, 0.05) is 10.6 Å². The molecule has 0 aliphatic rings. The van der Waals surface area contributed by atoms with Crippen LogP contribution in [0, 0.1) is 0 Å². The summed E-state index contributed by atoms with van der Waals surface area (Å²) in [6.45, 7) is 0. The van der Waals surface area contributed by atoms with Gasteiger partial charge in [-0.05, 0) is 30.5 Å². The van der Waals surface area contributed by atoms with Gasteiger partial charge in [0.05, 0.1) is 0 Å². The van der Waals surface area contributed by atoms with Crippen LogP contribution in [0.15, 0.2) is 41.9 Å². The third kappa shape index (κ3) is 3.01. The zero-order valence-corrected chi connectivity index (χ0v) is 12.0. The molecule has 0 aliphatic carbocycles. The Bertz CT molecular complexity index is 619. The van der Waals surface area contributed by atoms with Crippen LogP contribution < -0.4 is 5.48 Å². The van der Waals surface area contributed by atoms with Crippen LogP contribution in [-0.4, -0.2) is 32.0 Å². The molecule has 0 radical (unpaired) electrons. The second kappa shape index (κ2) is 6.56. The standard InChI is InChI=1S/C12H11ClN4O2S/c1-20-12(16-19)10(17-7-14-6-15-17)11(18)8-2-4-9(13)5-3-8/h2-7,16,19H,1H3/b12-10-. The highest BCUT2D eigenvalue weighted by Gasteiger charge is 2.20. The highest BCUT2D eigenvalue weighted by molar-refractivity contribution is 8.02. The molecule has 0 saturated carbocycles. The molecule has 0 unspecified atom stereocenters. The highest BCUT2D eigenvalue weighted by atomic mass is 35.5. The number of rotatable bonds is 5. The number of nitrogens with zero attached hydrogens (tertiary/aromatic N) is 3. The monoisotopic (exact) mass is 310 g/mol. The van der Waals surface area contributed by atoms with Crippen molar-refractivity contribution in [1.82, 2.24) is 20.2 Å². The number of hydrogen-bond donors (Lipinski definition) is 2. The van der Waals surface area contributed by atoms with E-state index in [4.69, 9.17) is 11.6 Å². The largest absolute Gasteiger partial charge is 0.291 e. The summed E-state index contributed by atoms with van der Waals surface area (Å²) in [5.74, 6) is -0.307. The maximum Gasteiger partial charge on any atom is 0.214 e. The van der Waals surface area contributed by atoms with Gasteiger partial charge in [-0.25, -0.2) is 9.67 Å². The van der Waals surface area contributed by atoms with Gasteiger partial charge in [0.1, 0.15) is 23.4 Å². The van der Waals surface area contributed by atoms with Gasteiger partial charge in [-0.3, -0.25) is 15.5 Å². The molecule has 20 heavy (non-hydrogen) atoms. The van der Waals surface area contributed by atoms with Crippen LogP contribution in [0.25, 0.3) is 5.70 Å². The van der Waals surface area contributed by atoms with E-state index < -0.39 is 0 Å². The molecule has 0 aliphatic heterocycles. The number of aromatic nitrogens is 3. The van der Waals surface area contributed by atoms with Gasteiger partial charge in [0.15, 0.2) is 0 Å². The fourth-order valence-electron chi connectivity index (χ4n) is 1.57. The Morgan fingerprint density at radius 3 is 2.60 bits per heavy atom. The SMILES string of the molecule is CS/C(NO)=C(/C(=O)c1ccc(Cl)cc1)n1cncn1. The summed E-state index contributed by atoms with van der Waals surface area (Å²) in [6.07, 6.45) is 4.42. The molecule has 0 atom stereocenters. The molecule has 0 fully saturated rings. The number of carbonyl (C=O) groups is 1. The van der Waals surface area contributed by atoms with E-state index in [-0.39, 0.29) is 16.5 Å². The topological polar surface area (TPSA) is 80.0 Å². The van der Waals surface area contributed by atoms with Crippen LogP contribution >= 0.6 is 23.4 Å². The van der Waals surface area contributed by atoms with Gasteiger partial charge >= 0.3 is 0 Å². The van der Waals surface area contributed by atoms with E-state index in [9.17, 15) is 10.0 Å². The second-order valence-corrected chi connectivity index (χ2v) is 4.92. The quantitative estimate of drug-likeness (QED) is 0.501. The first-order valence-corrected chi connectivity index (χ1v) is 7.11. The van der Waals surface area contributed by atoms with Crippen molar-refractivity contribution in [2.24, 2.45) is 0 Å². The molecule has 1 aromatic carbocycles. The van der Waals surface area contributed by atoms with Crippen LogP contribution in [0.5, 0.6) is 0 Å². The zero-order valence-electron chi connectivity index (χ0n) is 10.4. The molecule has 1 aromatic heterocycles. The summed E-state index contributed by atoms with van der Waals surface area (Å²) < 4.78 is 1.30. The molecule has 0 amide bonds.